The fourth-order valence-electron chi connectivity index (χ4n) is 3.24. The largest absolute Gasteiger partial charge is 0.491 e. The molecule has 2 aromatic rings. The van der Waals surface area contributed by atoms with Crippen LogP contribution in [0.2, 0.25) is 0 Å². The predicted molar refractivity (Wildman–Crippen MR) is 111 cm³/mol. The van der Waals surface area contributed by atoms with Gasteiger partial charge in [-0.15, -0.1) is 0 Å². The van der Waals surface area contributed by atoms with Crippen LogP contribution in [0.5, 0.6) is 5.75 Å². The number of nitrogens with zero attached hydrogens (tertiary/aromatic N) is 1. The van der Waals surface area contributed by atoms with E-state index in [1.807, 2.05) is 83.1 Å². The zero-order chi connectivity index (χ0) is 20.4. The van der Waals surface area contributed by atoms with Crippen molar-refractivity contribution < 1.29 is 14.3 Å². The van der Waals surface area contributed by atoms with Crippen LogP contribution in [0.15, 0.2) is 54.2 Å². The zero-order valence-electron chi connectivity index (χ0n) is 16.9. The minimum Gasteiger partial charge on any atom is -0.491 e. The van der Waals surface area contributed by atoms with E-state index < -0.39 is 0 Å². The number of imide groups is 1. The summed E-state index contributed by atoms with van der Waals surface area (Å²) in [6, 6.07) is 14.8. The van der Waals surface area contributed by atoms with E-state index in [9.17, 15) is 9.59 Å². The van der Waals surface area contributed by atoms with Gasteiger partial charge in [-0.25, -0.2) is 0 Å². The molecule has 1 N–H and O–H groups in total. The van der Waals surface area contributed by atoms with Gasteiger partial charge in [0.2, 0.25) is 0 Å². The SMILES string of the molecule is Cc1cccc(NC2=C(c3ccc(OC(C)C)cc3)C(=O)N(C(C)C)C2=O)c1. The Bertz CT molecular complexity index is 927. The van der Waals surface area contributed by atoms with Crippen molar-refractivity contribution in [1.82, 2.24) is 4.90 Å². The molecule has 0 aliphatic carbocycles. The predicted octanol–water partition coefficient (Wildman–Crippen LogP) is 4.38. The second kappa shape index (κ2) is 7.89. The molecule has 1 heterocycles. The summed E-state index contributed by atoms with van der Waals surface area (Å²) in [5.41, 5.74) is 3.23. The first-order valence-electron chi connectivity index (χ1n) is 9.51. The lowest BCUT2D eigenvalue weighted by Crippen LogP contribution is -2.38. The van der Waals surface area contributed by atoms with E-state index in [-0.39, 0.29) is 24.0 Å². The van der Waals surface area contributed by atoms with Crippen LogP contribution >= 0.6 is 0 Å². The third-order valence-electron chi connectivity index (χ3n) is 4.43. The molecule has 0 saturated heterocycles. The molecule has 0 unspecified atom stereocenters. The van der Waals surface area contributed by atoms with E-state index in [4.69, 9.17) is 4.74 Å². The highest BCUT2D eigenvalue weighted by Gasteiger charge is 2.40. The van der Waals surface area contributed by atoms with Crippen LogP contribution in [0.4, 0.5) is 5.69 Å². The molecule has 5 nitrogen and oxygen atoms in total. The fraction of sp³-hybridized carbons (Fsp3) is 0.304. The molecule has 0 bridgehead atoms. The minimum atomic E-state index is -0.306. The maximum Gasteiger partial charge on any atom is 0.278 e. The first-order valence-corrected chi connectivity index (χ1v) is 9.51. The lowest BCUT2D eigenvalue weighted by atomic mass is 10.0. The Kier molecular flexibility index (Phi) is 5.54. The molecule has 1 aliphatic rings. The molecule has 0 spiro atoms. The van der Waals surface area contributed by atoms with E-state index in [1.54, 1.807) is 0 Å². The normalized spacial score (nSPS) is 14.5. The fourth-order valence-corrected chi connectivity index (χ4v) is 3.24. The molecule has 28 heavy (non-hydrogen) atoms. The van der Waals surface area contributed by atoms with Gasteiger partial charge < -0.3 is 10.1 Å². The highest BCUT2D eigenvalue weighted by atomic mass is 16.5. The molecule has 0 aromatic heterocycles. The average Bonchev–Trinajstić information content (AvgIpc) is 2.85. The molecule has 3 rings (SSSR count). The zero-order valence-corrected chi connectivity index (χ0v) is 16.9. The third kappa shape index (κ3) is 3.93. The van der Waals surface area contributed by atoms with E-state index in [1.165, 1.54) is 4.90 Å². The summed E-state index contributed by atoms with van der Waals surface area (Å²) in [7, 11) is 0. The molecule has 1 aliphatic heterocycles. The molecular weight excluding hydrogens is 352 g/mol. The lowest BCUT2D eigenvalue weighted by molar-refractivity contribution is -0.138. The summed E-state index contributed by atoms with van der Waals surface area (Å²) in [5.74, 6) is 0.136. The highest BCUT2D eigenvalue weighted by molar-refractivity contribution is 6.36. The minimum absolute atomic E-state index is 0.0646. The first kappa shape index (κ1) is 19.7. The summed E-state index contributed by atoms with van der Waals surface area (Å²) in [6.07, 6.45) is 0.0646. The Morgan fingerprint density at radius 3 is 2.18 bits per heavy atom. The standard InChI is InChI=1S/C23H26N2O3/c1-14(2)25-22(26)20(17-9-11-19(12-10-17)28-15(3)4)21(23(25)27)24-18-8-6-7-16(5)13-18/h6-15,24H,1-5H3. The number of aryl methyl sites for hydroxylation is 1. The number of hydrogen-bond acceptors (Lipinski definition) is 4. The van der Waals surface area contributed by atoms with Crippen molar-refractivity contribution in [2.24, 2.45) is 0 Å². The van der Waals surface area contributed by atoms with Gasteiger partial charge in [0.1, 0.15) is 11.4 Å². The number of hydrogen-bond donors (Lipinski definition) is 1. The van der Waals surface area contributed by atoms with Gasteiger partial charge in [0.25, 0.3) is 11.8 Å². The van der Waals surface area contributed by atoms with Crippen LogP contribution < -0.4 is 10.1 Å². The molecule has 0 atom stereocenters. The molecular formula is C23H26N2O3. The molecule has 5 heteroatoms. The van der Waals surface area contributed by atoms with Crippen LogP contribution in [0.25, 0.3) is 5.57 Å². The Morgan fingerprint density at radius 2 is 1.61 bits per heavy atom. The van der Waals surface area contributed by atoms with Crippen molar-refractivity contribution in [3.63, 3.8) is 0 Å². The number of benzene rings is 2. The Balaban J connectivity index is 2.04. The molecule has 146 valence electrons. The highest BCUT2D eigenvalue weighted by Crippen LogP contribution is 2.32. The maximum absolute atomic E-state index is 13.1. The van der Waals surface area contributed by atoms with Crippen molar-refractivity contribution in [2.75, 3.05) is 5.32 Å². The van der Waals surface area contributed by atoms with Crippen molar-refractivity contribution in [1.29, 1.82) is 0 Å². The second-order valence-corrected chi connectivity index (χ2v) is 7.51. The van der Waals surface area contributed by atoms with Crippen molar-refractivity contribution in [3.8, 4) is 5.75 Å². The number of ether oxygens (including phenoxy) is 1. The third-order valence-corrected chi connectivity index (χ3v) is 4.43. The van der Waals surface area contributed by atoms with Gasteiger partial charge in [-0.05, 0) is 70.0 Å². The van der Waals surface area contributed by atoms with Gasteiger partial charge in [0, 0.05) is 11.7 Å². The summed E-state index contributed by atoms with van der Waals surface area (Å²) in [6.45, 7) is 9.57. The van der Waals surface area contributed by atoms with E-state index in [2.05, 4.69) is 5.32 Å². The van der Waals surface area contributed by atoms with Crippen LogP contribution in [-0.2, 0) is 9.59 Å². The smallest absolute Gasteiger partial charge is 0.278 e. The van der Waals surface area contributed by atoms with Gasteiger partial charge in [0.15, 0.2) is 0 Å². The van der Waals surface area contributed by atoms with E-state index >= 15 is 0 Å². The average molecular weight is 378 g/mol. The summed E-state index contributed by atoms with van der Waals surface area (Å²) >= 11 is 0. The molecule has 0 saturated carbocycles. The maximum atomic E-state index is 13.1. The van der Waals surface area contributed by atoms with Gasteiger partial charge in [-0.2, -0.15) is 0 Å². The van der Waals surface area contributed by atoms with Crippen molar-refractivity contribution >= 4 is 23.1 Å². The number of anilines is 1. The van der Waals surface area contributed by atoms with Crippen LogP contribution in [0, 0.1) is 6.92 Å². The number of carbonyl (C=O) groups excluding carboxylic acids is 2. The lowest BCUT2D eigenvalue weighted by Gasteiger charge is -2.19. The Labute approximate surface area is 166 Å². The molecule has 0 radical (unpaired) electrons. The number of rotatable bonds is 6. The first-order chi connectivity index (χ1) is 13.3. The van der Waals surface area contributed by atoms with Gasteiger partial charge >= 0.3 is 0 Å². The van der Waals surface area contributed by atoms with Gasteiger partial charge in [-0.3, -0.25) is 14.5 Å². The summed E-state index contributed by atoms with van der Waals surface area (Å²) < 4.78 is 5.68. The van der Waals surface area contributed by atoms with E-state index in [0.29, 0.717) is 16.8 Å². The second-order valence-electron chi connectivity index (χ2n) is 7.51. The number of carbonyl (C=O) groups is 2. The Morgan fingerprint density at radius 1 is 0.929 bits per heavy atom. The molecule has 0 fully saturated rings. The van der Waals surface area contributed by atoms with E-state index in [0.717, 1.165) is 17.0 Å². The van der Waals surface area contributed by atoms with Crippen LogP contribution in [0.3, 0.4) is 0 Å². The Hall–Kier alpha value is -3.08. The number of nitrogens with one attached hydrogen (secondary N) is 1. The van der Waals surface area contributed by atoms with Crippen LogP contribution in [0.1, 0.15) is 38.8 Å². The topological polar surface area (TPSA) is 58.6 Å². The molecule has 2 aromatic carbocycles. The quantitative estimate of drug-likeness (QED) is 0.758. The number of amides is 2. The summed E-state index contributed by atoms with van der Waals surface area (Å²) in [4.78, 5) is 27.4. The van der Waals surface area contributed by atoms with Crippen LogP contribution in [-0.4, -0.2) is 28.9 Å². The molecule has 2 amide bonds. The van der Waals surface area contributed by atoms with Crippen molar-refractivity contribution in [3.05, 3.63) is 65.4 Å². The van der Waals surface area contributed by atoms with Gasteiger partial charge in [0.05, 0.1) is 11.7 Å². The van der Waals surface area contributed by atoms with Gasteiger partial charge in [-0.1, -0.05) is 24.3 Å². The monoisotopic (exact) mass is 378 g/mol. The van der Waals surface area contributed by atoms with Crippen molar-refractivity contribution in [2.45, 2.75) is 46.8 Å². The summed E-state index contributed by atoms with van der Waals surface area (Å²) in [5, 5.41) is 3.18.